The van der Waals surface area contributed by atoms with Gasteiger partial charge in [-0.2, -0.15) is 0 Å². The molecule has 2 rings (SSSR count). The molecule has 1 aliphatic rings. The minimum atomic E-state index is -0.642. The van der Waals surface area contributed by atoms with Gasteiger partial charge in [-0.1, -0.05) is 33.6 Å². The normalized spacial score (nSPS) is 16.4. The lowest BCUT2D eigenvalue weighted by Gasteiger charge is -2.32. The van der Waals surface area contributed by atoms with Crippen molar-refractivity contribution in [2.75, 3.05) is 25.0 Å². The zero-order chi connectivity index (χ0) is 14.5. The summed E-state index contributed by atoms with van der Waals surface area (Å²) in [6.07, 6.45) is 1.74. The van der Waals surface area contributed by atoms with Crippen LogP contribution < -0.4 is 0 Å². The topological polar surface area (TPSA) is 29.5 Å². The highest BCUT2D eigenvalue weighted by Crippen LogP contribution is 2.21. The van der Waals surface area contributed by atoms with Crippen LogP contribution in [0.2, 0.25) is 5.02 Å². The predicted molar refractivity (Wildman–Crippen MR) is 80.1 cm³/mol. The minimum absolute atomic E-state index is 0.0219. The number of amides is 1. The van der Waals surface area contributed by atoms with Gasteiger partial charge in [-0.25, -0.2) is 4.39 Å². The molecule has 0 bridgehead atoms. The van der Waals surface area contributed by atoms with Crippen LogP contribution in [-0.4, -0.2) is 41.9 Å². The van der Waals surface area contributed by atoms with E-state index in [-0.39, 0.29) is 22.6 Å². The van der Waals surface area contributed by atoms with Crippen molar-refractivity contribution in [3.8, 4) is 0 Å². The zero-order valence-corrected chi connectivity index (χ0v) is 13.3. The summed E-state index contributed by atoms with van der Waals surface area (Å²) in [5.41, 5.74) is 0.0392. The number of hydrogen-bond acceptors (Lipinski definition) is 2. The van der Waals surface area contributed by atoms with Gasteiger partial charge in [0.1, 0.15) is 0 Å². The molecular formula is C14H16BrClFNO2. The minimum Gasteiger partial charge on any atom is -0.377 e. The fraction of sp³-hybridized carbons (Fsp3) is 0.500. The number of carbonyl (C=O) groups excluding carboxylic acids is 1. The lowest BCUT2D eigenvalue weighted by Crippen LogP contribution is -2.41. The predicted octanol–water partition coefficient (Wildman–Crippen LogP) is 3.50. The fourth-order valence-corrected chi connectivity index (χ4v) is 2.64. The molecule has 0 spiro atoms. The number of nitrogens with zero attached hydrogens (tertiary/aromatic N) is 1. The smallest absolute Gasteiger partial charge is 0.256 e. The van der Waals surface area contributed by atoms with Gasteiger partial charge in [-0.05, 0) is 25.0 Å². The molecule has 1 aromatic carbocycles. The maximum absolute atomic E-state index is 13.8. The summed E-state index contributed by atoms with van der Waals surface area (Å²) in [6.45, 7) is 1.83. The Morgan fingerprint density at radius 2 is 2.15 bits per heavy atom. The molecule has 0 saturated carbocycles. The third-order valence-corrected chi connectivity index (χ3v) is 3.96. The van der Waals surface area contributed by atoms with Gasteiger partial charge in [0.05, 0.1) is 23.3 Å². The number of ether oxygens (including phenoxy) is 1. The van der Waals surface area contributed by atoms with Gasteiger partial charge in [0, 0.05) is 18.4 Å². The van der Waals surface area contributed by atoms with Crippen LogP contribution >= 0.6 is 27.5 Å². The van der Waals surface area contributed by atoms with Crippen molar-refractivity contribution in [3.63, 3.8) is 0 Å². The highest BCUT2D eigenvalue weighted by atomic mass is 79.9. The Morgan fingerprint density at radius 3 is 2.80 bits per heavy atom. The lowest BCUT2D eigenvalue weighted by molar-refractivity contribution is 0.0158. The summed E-state index contributed by atoms with van der Waals surface area (Å²) < 4.78 is 19.5. The highest BCUT2D eigenvalue weighted by molar-refractivity contribution is 9.09. The molecule has 1 aliphatic heterocycles. The molecule has 1 amide bonds. The highest BCUT2D eigenvalue weighted by Gasteiger charge is 2.26. The fourth-order valence-electron chi connectivity index (χ4n) is 2.28. The van der Waals surface area contributed by atoms with Crippen LogP contribution in [0.25, 0.3) is 0 Å². The van der Waals surface area contributed by atoms with Crippen LogP contribution in [0.5, 0.6) is 0 Å². The first-order valence-electron chi connectivity index (χ1n) is 6.54. The van der Waals surface area contributed by atoms with Gasteiger partial charge in [-0.15, -0.1) is 0 Å². The van der Waals surface area contributed by atoms with Crippen LogP contribution in [0.3, 0.4) is 0 Å². The number of rotatable bonds is 4. The molecule has 0 N–H and O–H groups in total. The summed E-state index contributed by atoms with van der Waals surface area (Å²) in [4.78, 5) is 13.9. The second kappa shape index (κ2) is 7.38. The SMILES string of the molecule is O=C(c1cccc(Cl)c1F)N1CCC(OCCBr)CC1. The summed E-state index contributed by atoms with van der Waals surface area (Å²) in [6, 6.07) is 4.50. The van der Waals surface area contributed by atoms with E-state index < -0.39 is 5.82 Å². The molecule has 1 aromatic rings. The van der Waals surface area contributed by atoms with E-state index in [0.29, 0.717) is 19.7 Å². The first kappa shape index (κ1) is 15.7. The van der Waals surface area contributed by atoms with Crippen LogP contribution in [0.1, 0.15) is 23.2 Å². The molecule has 3 nitrogen and oxygen atoms in total. The molecule has 0 aliphatic carbocycles. The van der Waals surface area contributed by atoms with E-state index >= 15 is 0 Å². The average molecular weight is 365 g/mol. The first-order valence-corrected chi connectivity index (χ1v) is 8.04. The van der Waals surface area contributed by atoms with Crippen LogP contribution in [0.4, 0.5) is 4.39 Å². The van der Waals surface area contributed by atoms with Gasteiger partial charge in [0.25, 0.3) is 5.91 Å². The van der Waals surface area contributed by atoms with Crippen LogP contribution in [0, 0.1) is 5.82 Å². The van der Waals surface area contributed by atoms with E-state index in [2.05, 4.69) is 15.9 Å². The van der Waals surface area contributed by atoms with Crippen molar-refractivity contribution >= 4 is 33.4 Å². The summed E-state index contributed by atoms with van der Waals surface area (Å²) in [5.74, 6) is -0.944. The number of halogens is 3. The molecule has 110 valence electrons. The third kappa shape index (κ3) is 3.71. The molecule has 6 heteroatoms. The average Bonchev–Trinajstić information content (AvgIpc) is 2.48. The molecule has 0 radical (unpaired) electrons. The molecule has 1 heterocycles. The number of hydrogen-bond donors (Lipinski definition) is 0. The van der Waals surface area contributed by atoms with Gasteiger partial charge < -0.3 is 9.64 Å². The molecule has 20 heavy (non-hydrogen) atoms. The number of piperidine rings is 1. The molecule has 0 aromatic heterocycles. The number of carbonyl (C=O) groups is 1. The summed E-state index contributed by atoms with van der Waals surface area (Å²) >= 11 is 9.02. The monoisotopic (exact) mass is 363 g/mol. The first-order chi connectivity index (χ1) is 9.63. The number of alkyl halides is 1. The second-order valence-electron chi connectivity index (χ2n) is 4.65. The Bertz CT molecular complexity index is 478. The quantitative estimate of drug-likeness (QED) is 0.765. The Hall–Kier alpha value is -0.650. The van der Waals surface area contributed by atoms with Gasteiger partial charge in [0.15, 0.2) is 5.82 Å². The van der Waals surface area contributed by atoms with E-state index in [9.17, 15) is 9.18 Å². The van der Waals surface area contributed by atoms with Gasteiger partial charge in [0.2, 0.25) is 0 Å². The summed E-state index contributed by atoms with van der Waals surface area (Å²) in [5, 5.41) is 0.784. The zero-order valence-electron chi connectivity index (χ0n) is 10.9. The van der Waals surface area contributed by atoms with Gasteiger partial charge in [-0.3, -0.25) is 4.79 Å². The van der Waals surface area contributed by atoms with Crippen molar-refractivity contribution < 1.29 is 13.9 Å². The molecule has 1 fully saturated rings. The van der Waals surface area contributed by atoms with Crippen molar-refractivity contribution in [2.24, 2.45) is 0 Å². The Morgan fingerprint density at radius 1 is 1.45 bits per heavy atom. The largest absolute Gasteiger partial charge is 0.377 e. The number of likely N-dealkylation sites (tertiary alicyclic amines) is 1. The van der Waals surface area contributed by atoms with Crippen LogP contribution in [0.15, 0.2) is 18.2 Å². The Labute approximate surface area is 131 Å². The second-order valence-corrected chi connectivity index (χ2v) is 5.85. The molecular weight excluding hydrogens is 349 g/mol. The van der Waals surface area contributed by atoms with E-state index in [0.717, 1.165) is 18.2 Å². The van der Waals surface area contributed by atoms with Crippen molar-refractivity contribution in [2.45, 2.75) is 18.9 Å². The van der Waals surface area contributed by atoms with Crippen molar-refractivity contribution in [1.29, 1.82) is 0 Å². The number of benzene rings is 1. The summed E-state index contributed by atoms with van der Waals surface area (Å²) in [7, 11) is 0. The van der Waals surface area contributed by atoms with E-state index in [1.165, 1.54) is 12.1 Å². The van der Waals surface area contributed by atoms with Gasteiger partial charge >= 0.3 is 0 Å². The van der Waals surface area contributed by atoms with E-state index in [1.807, 2.05) is 0 Å². The lowest BCUT2D eigenvalue weighted by atomic mass is 10.1. The maximum Gasteiger partial charge on any atom is 0.256 e. The van der Waals surface area contributed by atoms with Crippen LogP contribution in [-0.2, 0) is 4.74 Å². The Kier molecular flexibility index (Phi) is 5.81. The van der Waals surface area contributed by atoms with Crippen molar-refractivity contribution in [3.05, 3.63) is 34.6 Å². The maximum atomic E-state index is 13.8. The molecule has 0 atom stereocenters. The van der Waals surface area contributed by atoms with E-state index in [4.69, 9.17) is 16.3 Å². The Balaban J connectivity index is 1.96. The van der Waals surface area contributed by atoms with Crippen molar-refractivity contribution in [1.82, 2.24) is 4.90 Å². The standard InChI is InChI=1S/C14H16BrClFNO2/c15-6-9-20-10-4-7-18(8-5-10)14(19)11-2-1-3-12(16)13(11)17/h1-3,10H,4-9H2. The molecule has 0 unspecified atom stereocenters. The molecule has 1 saturated heterocycles. The van der Waals surface area contributed by atoms with E-state index in [1.54, 1.807) is 11.0 Å². The third-order valence-electron chi connectivity index (χ3n) is 3.34.